The first kappa shape index (κ1) is 31.4. The van der Waals surface area contributed by atoms with Crippen LogP contribution in [0.5, 0.6) is 0 Å². The molecule has 2 unspecified atom stereocenters. The molecule has 3 aromatic rings. The normalized spacial score (nSPS) is 19.6. The Bertz CT molecular complexity index is 1430. The van der Waals surface area contributed by atoms with Crippen molar-refractivity contribution in [2.24, 2.45) is 5.41 Å². The second-order valence-corrected chi connectivity index (χ2v) is 12.5. The highest BCUT2D eigenvalue weighted by Crippen LogP contribution is 2.43. The smallest absolute Gasteiger partial charge is 0.306 e. The zero-order valence-electron chi connectivity index (χ0n) is 25.8. The van der Waals surface area contributed by atoms with Crippen LogP contribution in [0.3, 0.4) is 0 Å². The molecule has 5 rings (SSSR count). The van der Waals surface area contributed by atoms with Crippen molar-refractivity contribution in [3.63, 3.8) is 0 Å². The van der Waals surface area contributed by atoms with E-state index in [9.17, 15) is 14.4 Å². The van der Waals surface area contributed by atoms with E-state index in [1.807, 2.05) is 37.3 Å². The molecule has 0 radical (unpaired) electrons. The zero-order chi connectivity index (χ0) is 30.9. The lowest BCUT2D eigenvalue weighted by Crippen LogP contribution is -2.47. The highest BCUT2D eigenvalue weighted by atomic mass is 16.5. The number of rotatable bonds is 11. The van der Waals surface area contributed by atoms with Gasteiger partial charge < -0.3 is 25.1 Å². The summed E-state index contributed by atoms with van der Waals surface area (Å²) in [5.41, 5.74) is 4.01. The van der Waals surface area contributed by atoms with Gasteiger partial charge in [0.1, 0.15) is 0 Å². The van der Waals surface area contributed by atoms with Crippen LogP contribution in [0.15, 0.2) is 59.3 Å². The molecule has 9 heteroatoms. The standard InChI is InChI=1S/C35H44N4O5/c1-24-10-13-30(37-23-24)28-15-19-44-33(28)34(42)38-27-14-18-36-26(20-27)12-11-25-8-4-5-9-29(25)39-31(40)21-35(22-32(41)43-2)16-6-3-7-17-35/h4-5,8-10,13,15,19,23,26-27,36H,3,6-7,11-12,14,16-18,20-22H2,1-2H3,(H,38,42)(H,39,40). The van der Waals surface area contributed by atoms with Crippen LogP contribution >= 0.6 is 0 Å². The lowest BCUT2D eigenvalue weighted by atomic mass is 9.69. The maximum atomic E-state index is 13.3. The van der Waals surface area contributed by atoms with Crippen LogP contribution in [-0.2, 0) is 20.7 Å². The second kappa shape index (κ2) is 14.7. The Kier molecular flexibility index (Phi) is 10.5. The molecule has 1 saturated heterocycles. The lowest BCUT2D eigenvalue weighted by Gasteiger charge is -2.36. The minimum atomic E-state index is -0.330. The number of nitrogens with one attached hydrogen (secondary N) is 3. The average Bonchev–Trinajstić information content (AvgIpc) is 3.52. The Morgan fingerprint density at radius 3 is 2.66 bits per heavy atom. The van der Waals surface area contributed by atoms with Gasteiger partial charge in [0.2, 0.25) is 11.7 Å². The molecular formula is C35H44N4O5. The molecule has 1 saturated carbocycles. The molecule has 234 valence electrons. The second-order valence-electron chi connectivity index (χ2n) is 12.5. The van der Waals surface area contributed by atoms with E-state index >= 15 is 0 Å². The Labute approximate surface area is 259 Å². The Morgan fingerprint density at radius 2 is 1.89 bits per heavy atom. The van der Waals surface area contributed by atoms with Crippen LogP contribution in [0, 0.1) is 12.3 Å². The number of aromatic nitrogens is 1. The number of piperidine rings is 1. The predicted molar refractivity (Wildman–Crippen MR) is 169 cm³/mol. The Morgan fingerprint density at radius 1 is 1.07 bits per heavy atom. The van der Waals surface area contributed by atoms with Gasteiger partial charge in [-0.3, -0.25) is 19.4 Å². The van der Waals surface area contributed by atoms with Gasteiger partial charge in [0.05, 0.1) is 31.1 Å². The first-order valence-corrected chi connectivity index (χ1v) is 15.8. The van der Waals surface area contributed by atoms with Crippen molar-refractivity contribution in [3.8, 4) is 11.3 Å². The molecule has 2 fully saturated rings. The summed E-state index contributed by atoms with van der Waals surface area (Å²) in [5, 5.41) is 9.92. The van der Waals surface area contributed by atoms with Crippen molar-refractivity contribution >= 4 is 23.5 Å². The number of carbonyl (C=O) groups is 3. The van der Waals surface area contributed by atoms with Gasteiger partial charge in [-0.25, -0.2) is 0 Å². The molecule has 2 amide bonds. The van der Waals surface area contributed by atoms with Crippen molar-refractivity contribution in [1.82, 2.24) is 15.6 Å². The SMILES string of the molecule is COC(=O)CC1(CC(=O)Nc2ccccc2CCC2CC(NC(=O)c3occc3-c3ccc(C)cn3)CCN2)CCCCC1. The van der Waals surface area contributed by atoms with Crippen LogP contribution < -0.4 is 16.0 Å². The minimum absolute atomic E-state index is 0.0223. The van der Waals surface area contributed by atoms with Gasteiger partial charge in [-0.2, -0.15) is 0 Å². The summed E-state index contributed by atoms with van der Waals surface area (Å²) in [6, 6.07) is 13.8. The van der Waals surface area contributed by atoms with Crippen molar-refractivity contribution in [2.75, 3.05) is 19.0 Å². The average molecular weight is 601 g/mol. The fraction of sp³-hybridized carbons (Fsp3) is 0.486. The van der Waals surface area contributed by atoms with Gasteiger partial charge >= 0.3 is 5.97 Å². The number of aryl methyl sites for hydroxylation is 2. The van der Waals surface area contributed by atoms with Gasteiger partial charge in [-0.1, -0.05) is 43.5 Å². The Balaban J connectivity index is 1.16. The number of carbonyl (C=O) groups excluding carboxylic acids is 3. The summed E-state index contributed by atoms with van der Waals surface area (Å²) < 4.78 is 10.5. The third kappa shape index (κ3) is 8.14. The molecule has 1 aliphatic carbocycles. The predicted octanol–water partition coefficient (Wildman–Crippen LogP) is 5.98. The quantitative estimate of drug-likeness (QED) is 0.232. The summed E-state index contributed by atoms with van der Waals surface area (Å²) in [6.45, 7) is 2.78. The third-order valence-electron chi connectivity index (χ3n) is 9.14. The summed E-state index contributed by atoms with van der Waals surface area (Å²) >= 11 is 0. The van der Waals surface area contributed by atoms with Crippen molar-refractivity contribution < 1.29 is 23.5 Å². The summed E-state index contributed by atoms with van der Waals surface area (Å²) in [6.07, 6.45) is 12.1. The number of nitrogens with zero attached hydrogens (tertiary/aromatic N) is 1. The molecule has 0 spiro atoms. The van der Waals surface area contributed by atoms with Gasteiger partial charge in [-0.05, 0) is 86.7 Å². The fourth-order valence-electron chi connectivity index (χ4n) is 6.74. The van der Waals surface area contributed by atoms with Gasteiger partial charge in [0.25, 0.3) is 5.91 Å². The van der Waals surface area contributed by atoms with Gasteiger partial charge in [-0.15, -0.1) is 0 Å². The number of pyridine rings is 1. The minimum Gasteiger partial charge on any atom is -0.469 e. The number of ether oxygens (including phenoxy) is 1. The molecule has 1 aliphatic heterocycles. The van der Waals surface area contributed by atoms with E-state index in [1.54, 1.807) is 12.3 Å². The molecule has 2 aliphatic rings. The van der Waals surface area contributed by atoms with Crippen LogP contribution in [0.1, 0.15) is 85.9 Å². The third-order valence-corrected chi connectivity index (χ3v) is 9.14. The van der Waals surface area contributed by atoms with E-state index < -0.39 is 0 Å². The summed E-state index contributed by atoms with van der Waals surface area (Å²) in [4.78, 5) is 43.1. The number of esters is 1. The van der Waals surface area contributed by atoms with Crippen molar-refractivity contribution in [2.45, 2.75) is 89.6 Å². The molecule has 2 atom stereocenters. The molecule has 9 nitrogen and oxygen atoms in total. The summed E-state index contributed by atoms with van der Waals surface area (Å²) in [5.74, 6) is -0.251. The number of furan rings is 1. The Hall–Kier alpha value is -3.98. The summed E-state index contributed by atoms with van der Waals surface area (Å²) in [7, 11) is 1.41. The van der Waals surface area contributed by atoms with E-state index in [-0.39, 0.29) is 47.5 Å². The van der Waals surface area contributed by atoms with Gasteiger partial charge in [0.15, 0.2) is 0 Å². The van der Waals surface area contributed by atoms with Crippen molar-refractivity contribution in [1.29, 1.82) is 0 Å². The molecule has 3 heterocycles. The molecule has 3 N–H and O–H groups in total. The van der Waals surface area contributed by atoms with Crippen LogP contribution in [0.25, 0.3) is 11.3 Å². The highest BCUT2D eigenvalue weighted by Gasteiger charge is 2.37. The number of methoxy groups -OCH3 is 1. The van der Waals surface area contributed by atoms with Crippen LogP contribution in [0.4, 0.5) is 5.69 Å². The first-order chi connectivity index (χ1) is 21.3. The van der Waals surface area contributed by atoms with Crippen LogP contribution in [-0.4, -0.2) is 48.5 Å². The topological polar surface area (TPSA) is 123 Å². The molecule has 44 heavy (non-hydrogen) atoms. The maximum Gasteiger partial charge on any atom is 0.306 e. The lowest BCUT2D eigenvalue weighted by molar-refractivity contribution is -0.144. The zero-order valence-corrected chi connectivity index (χ0v) is 25.8. The number of benzene rings is 1. The van der Waals surface area contributed by atoms with E-state index in [1.165, 1.54) is 13.4 Å². The molecule has 0 bridgehead atoms. The van der Waals surface area contributed by atoms with E-state index in [0.717, 1.165) is 81.1 Å². The molecular weight excluding hydrogens is 556 g/mol. The molecule has 2 aromatic heterocycles. The largest absolute Gasteiger partial charge is 0.469 e. The van der Waals surface area contributed by atoms with Gasteiger partial charge in [0, 0.05) is 30.4 Å². The highest BCUT2D eigenvalue weighted by molar-refractivity contribution is 5.98. The number of hydrogen-bond donors (Lipinski definition) is 3. The van der Waals surface area contributed by atoms with Crippen LogP contribution in [0.2, 0.25) is 0 Å². The van der Waals surface area contributed by atoms with E-state index in [2.05, 4.69) is 27.0 Å². The van der Waals surface area contributed by atoms with Crippen molar-refractivity contribution in [3.05, 3.63) is 71.8 Å². The number of hydrogen-bond acceptors (Lipinski definition) is 7. The molecule has 1 aromatic carbocycles. The maximum absolute atomic E-state index is 13.3. The van der Waals surface area contributed by atoms with E-state index in [0.29, 0.717) is 17.7 Å². The monoisotopic (exact) mass is 600 g/mol. The fourth-order valence-corrected chi connectivity index (χ4v) is 6.74. The first-order valence-electron chi connectivity index (χ1n) is 15.8. The number of amides is 2. The van der Waals surface area contributed by atoms with E-state index in [4.69, 9.17) is 9.15 Å². The number of para-hydroxylation sites is 1. The number of anilines is 1.